The maximum absolute atomic E-state index is 12.0. The van der Waals surface area contributed by atoms with Crippen molar-refractivity contribution in [1.82, 2.24) is 4.98 Å². The summed E-state index contributed by atoms with van der Waals surface area (Å²) in [5.41, 5.74) is 4.87. The van der Waals surface area contributed by atoms with Gasteiger partial charge in [0.05, 0.1) is 11.5 Å². The van der Waals surface area contributed by atoms with Crippen molar-refractivity contribution < 1.29 is 34.7 Å². The van der Waals surface area contributed by atoms with Crippen molar-refractivity contribution in [2.24, 2.45) is 22.7 Å². The summed E-state index contributed by atoms with van der Waals surface area (Å²) in [6.07, 6.45) is 16.8. The van der Waals surface area contributed by atoms with Crippen molar-refractivity contribution in [2.45, 2.75) is 119 Å². The Morgan fingerprint density at radius 2 is 1.51 bits per heavy atom. The van der Waals surface area contributed by atoms with E-state index in [4.69, 9.17) is 9.72 Å². The van der Waals surface area contributed by atoms with Crippen LogP contribution in [-0.4, -0.2) is 15.9 Å². The zero-order chi connectivity index (χ0) is 34.1. The Morgan fingerprint density at radius 3 is 2.16 bits per heavy atom. The molecule has 7 rings (SSSR count). The van der Waals surface area contributed by atoms with Gasteiger partial charge in [-0.15, -0.1) is 17.5 Å². The maximum Gasteiger partial charge on any atom is 0.162 e. The van der Waals surface area contributed by atoms with Gasteiger partial charge >= 0.3 is 0 Å². The summed E-state index contributed by atoms with van der Waals surface area (Å²) < 4.78 is 6.72. The standard InChI is InChI=1S/C29H30NO.C15H24O2.Ir/c1-28(2,3)16-18-13-20-11-12-30-26-22-15-19-9-7-8-10-21(19)23(17-29(4,5)6)27(22)31-24(14-18)25(20)26;16-14(12-7-3-1-4-8-12)11-15(17)13-9-5-2-6-10-13;/h7-14H,16-17H2,1-6H3;11-13,16H,1-10H2;/q-1;;/b;14-11-;. The number of ether oxygens (including phenoxy) is 1. The second-order valence-electron chi connectivity index (χ2n) is 16.9. The number of carbonyl (C=O) groups is 1. The van der Waals surface area contributed by atoms with Crippen LogP contribution in [0, 0.1) is 28.7 Å². The molecule has 0 unspecified atom stereocenters. The molecule has 49 heavy (non-hydrogen) atoms. The number of pyridine rings is 1. The van der Waals surface area contributed by atoms with Crippen molar-refractivity contribution in [3.05, 3.63) is 77.7 Å². The number of benzene rings is 3. The minimum absolute atomic E-state index is 0. The van der Waals surface area contributed by atoms with E-state index >= 15 is 0 Å². The van der Waals surface area contributed by atoms with Gasteiger partial charge in [-0.25, -0.2) is 0 Å². The second kappa shape index (κ2) is 15.5. The molecule has 4 nitrogen and oxygen atoms in total. The van der Waals surface area contributed by atoms with Gasteiger partial charge < -0.3 is 9.84 Å². The van der Waals surface area contributed by atoms with Gasteiger partial charge in [0.15, 0.2) is 5.78 Å². The first-order valence-electron chi connectivity index (χ1n) is 18.4. The number of aliphatic hydroxyl groups excluding tert-OH is 1. The maximum atomic E-state index is 12.0. The first kappa shape index (κ1) is 37.2. The first-order valence-corrected chi connectivity index (χ1v) is 18.4. The molecule has 0 amide bonds. The van der Waals surface area contributed by atoms with Crippen LogP contribution >= 0.6 is 0 Å². The summed E-state index contributed by atoms with van der Waals surface area (Å²) in [6, 6.07) is 18.8. The van der Waals surface area contributed by atoms with E-state index in [0.29, 0.717) is 5.76 Å². The van der Waals surface area contributed by atoms with E-state index in [1.165, 1.54) is 60.4 Å². The Balaban J connectivity index is 0.000000221. The van der Waals surface area contributed by atoms with E-state index < -0.39 is 0 Å². The molecule has 1 N–H and O–H groups in total. The fourth-order valence-electron chi connectivity index (χ4n) is 7.90. The molecule has 5 heteroatoms. The number of hydrogen-bond donors (Lipinski definition) is 1. The van der Waals surface area contributed by atoms with Crippen molar-refractivity contribution in [3.8, 4) is 22.8 Å². The monoisotopic (exact) mass is 837 g/mol. The predicted molar refractivity (Wildman–Crippen MR) is 199 cm³/mol. The van der Waals surface area contributed by atoms with Gasteiger partial charge in [0.2, 0.25) is 0 Å². The quantitative estimate of drug-likeness (QED) is 0.109. The number of hydrogen-bond acceptors (Lipinski definition) is 4. The summed E-state index contributed by atoms with van der Waals surface area (Å²) >= 11 is 0. The summed E-state index contributed by atoms with van der Waals surface area (Å²) in [6.45, 7) is 13.7. The topological polar surface area (TPSA) is 59.4 Å². The third kappa shape index (κ3) is 9.02. The Kier molecular flexibility index (Phi) is 11.8. The minimum Gasteiger partial charge on any atom is -0.512 e. The fraction of sp³-hybridized carbons (Fsp3) is 0.500. The van der Waals surface area contributed by atoms with Crippen LogP contribution in [0.5, 0.6) is 11.5 Å². The molecule has 2 fully saturated rings. The average Bonchev–Trinajstić information content (AvgIpc) is 3.05. The van der Waals surface area contributed by atoms with E-state index in [-0.39, 0.29) is 48.6 Å². The van der Waals surface area contributed by atoms with Crippen LogP contribution in [0.2, 0.25) is 0 Å². The van der Waals surface area contributed by atoms with Crippen LogP contribution in [0.4, 0.5) is 0 Å². The normalized spacial score (nSPS) is 17.1. The van der Waals surface area contributed by atoms with E-state index in [1.807, 2.05) is 6.20 Å². The molecule has 263 valence electrons. The van der Waals surface area contributed by atoms with Crippen molar-refractivity contribution >= 4 is 27.3 Å². The number of fused-ring (bicyclic) bond motifs is 3. The van der Waals surface area contributed by atoms with E-state index in [0.717, 1.165) is 72.1 Å². The third-order valence-electron chi connectivity index (χ3n) is 10.1. The first-order chi connectivity index (χ1) is 22.9. The molecule has 1 aliphatic heterocycles. The van der Waals surface area contributed by atoms with Gasteiger partial charge in [-0.2, -0.15) is 0 Å². The molecule has 0 saturated heterocycles. The fourth-order valence-corrected chi connectivity index (χ4v) is 7.90. The minimum atomic E-state index is 0. The summed E-state index contributed by atoms with van der Waals surface area (Å²) in [4.78, 5) is 16.8. The van der Waals surface area contributed by atoms with E-state index in [1.54, 1.807) is 6.08 Å². The summed E-state index contributed by atoms with van der Waals surface area (Å²) in [7, 11) is 0. The van der Waals surface area contributed by atoms with Crippen LogP contribution in [0.15, 0.2) is 60.5 Å². The van der Waals surface area contributed by atoms with Crippen molar-refractivity contribution in [1.29, 1.82) is 0 Å². The van der Waals surface area contributed by atoms with Gasteiger partial charge in [-0.3, -0.25) is 9.78 Å². The molecule has 4 aromatic rings. The molecule has 1 aromatic heterocycles. The molecule has 2 aliphatic carbocycles. The zero-order valence-corrected chi connectivity index (χ0v) is 32.8. The van der Waals surface area contributed by atoms with Crippen LogP contribution in [0.25, 0.3) is 32.8 Å². The van der Waals surface area contributed by atoms with Gasteiger partial charge in [0, 0.05) is 55.3 Å². The predicted octanol–water partition coefficient (Wildman–Crippen LogP) is 12.3. The van der Waals surface area contributed by atoms with Gasteiger partial charge in [-0.1, -0.05) is 121 Å². The molecular weight excluding hydrogens is 783 g/mol. The molecule has 3 aromatic carbocycles. The van der Waals surface area contributed by atoms with Crippen molar-refractivity contribution in [3.63, 3.8) is 0 Å². The number of rotatable bonds is 5. The van der Waals surface area contributed by atoms with Gasteiger partial charge in [-0.05, 0) is 72.4 Å². The molecule has 0 spiro atoms. The van der Waals surface area contributed by atoms with Crippen LogP contribution in [-0.2, 0) is 37.7 Å². The molecular formula is C44H54IrNO3-. The SMILES string of the molecule is CC(C)(C)Cc1cc2c3c(nccc3c1)-c1[c-]c3ccccc3c(CC(C)(C)C)c1O2.O=C(/C=C(\O)C1CCCCC1)C1CCCCC1.[Ir]. The number of allylic oxidation sites excluding steroid dienone is 2. The Morgan fingerprint density at radius 1 is 0.878 bits per heavy atom. The Bertz CT molecular complexity index is 1810. The van der Waals surface area contributed by atoms with E-state index in [9.17, 15) is 9.90 Å². The largest absolute Gasteiger partial charge is 0.512 e. The second-order valence-corrected chi connectivity index (χ2v) is 16.9. The zero-order valence-electron chi connectivity index (χ0n) is 30.4. The molecule has 3 aliphatic rings. The number of aromatic nitrogens is 1. The average molecular weight is 837 g/mol. The number of nitrogens with zero attached hydrogens (tertiary/aromatic N) is 1. The summed E-state index contributed by atoms with van der Waals surface area (Å²) in [5.74, 6) is 2.83. The van der Waals surface area contributed by atoms with Crippen LogP contribution < -0.4 is 4.74 Å². The van der Waals surface area contributed by atoms with Gasteiger partial charge in [0.1, 0.15) is 5.75 Å². The van der Waals surface area contributed by atoms with Crippen molar-refractivity contribution in [2.75, 3.05) is 0 Å². The van der Waals surface area contributed by atoms with Crippen LogP contribution in [0.3, 0.4) is 0 Å². The summed E-state index contributed by atoms with van der Waals surface area (Å²) in [5, 5.41) is 14.6. The van der Waals surface area contributed by atoms with E-state index in [2.05, 4.69) is 90.1 Å². The van der Waals surface area contributed by atoms with Gasteiger partial charge in [0.25, 0.3) is 0 Å². The molecule has 1 radical (unpaired) electrons. The Hall–Kier alpha value is -3.01. The number of carbonyl (C=O) groups excluding carboxylic acids is 1. The number of ketones is 1. The molecule has 0 bridgehead atoms. The molecule has 0 atom stereocenters. The smallest absolute Gasteiger partial charge is 0.162 e. The molecule has 2 saturated carbocycles. The third-order valence-corrected chi connectivity index (χ3v) is 10.1. The molecule has 2 heterocycles. The number of aliphatic hydroxyl groups is 1. The Labute approximate surface area is 307 Å². The van der Waals surface area contributed by atoms with Crippen LogP contribution in [0.1, 0.15) is 117 Å².